The standard InChI is InChI=1S/C15H20O/c1-13-10-11-16-15(12-13)9-5-8-14-6-3-2-4-7-14/h2-4,6-7,10,15H,5,8-9,11-12H2,1H3. The first-order valence-electron chi connectivity index (χ1n) is 6.16. The van der Waals surface area contributed by atoms with E-state index in [0.717, 1.165) is 13.0 Å². The SMILES string of the molecule is CC1=CCOC(CCCc2ccccc2)C1. The summed E-state index contributed by atoms with van der Waals surface area (Å²) in [5.41, 5.74) is 2.92. The third kappa shape index (κ3) is 3.49. The highest BCUT2D eigenvalue weighted by Gasteiger charge is 2.12. The van der Waals surface area contributed by atoms with Crippen molar-refractivity contribution in [1.29, 1.82) is 0 Å². The van der Waals surface area contributed by atoms with E-state index in [1.807, 2.05) is 0 Å². The second kappa shape index (κ2) is 5.86. The summed E-state index contributed by atoms with van der Waals surface area (Å²) in [4.78, 5) is 0. The van der Waals surface area contributed by atoms with Crippen molar-refractivity contribution in [2.24, 2.45) is 0 Å². The summed E-state index contributed by atoms with van der Waals surface area (Å²) in [6, 6.07) is 10.7. The maximum absolute atomic E-state index is 5.71. The summed E-state index contributed by atoms with van der Waals surface area (Å²) in [6.07, 6.45) is 7.34. The summed E-state index contributed by atoms with van der Waals surface area (Å²) in [5, 5.41) is 0. The highest BCUT2D eigenvalue weighted by atomic mass is 16.5. The molecule has 1 aliphatic heterocycles. The number of aryl methyl sites for hydroxylation is 1. The van der Waals surface area contributed by atoms with Crippen molar-refractivity contribution in [3.05, 3.63) is 47.5 Å². The van der Waals surface area contributed by atoms with Gasteiger partial charge in [-0.2, -0.15) is 0 Å². The van der Waals surface area contributed by atoms with E-state index in [1.165, 1.54) is 30.4 Å². The van der Waals surface area contributed by atoms with Gasteiger partial charge in [-0.3, -0.25) is 0 Å². The van der Waals surface area contributed by atoms with Crippen LogP contribution in [0.2, 0.25) is 0 Å². The van der Waals surface area contributed by atoms with Crippen LogP contribution in [0.5, 0.6) is 0 Å². The number of hydrogen-bond donors (Lipinski definition) is 0. The molecule has 1 aliphatic rings. The molecule has 0 saturated carbocycles. The summed E-state index contributed by atoms with van der Waals surface area (Å²) >= 11 is 0. The Morgan fingerprint density at radius 1 is 1.25 bits per heavy atom. The van der Waals surface area contributed by atoms with Crippen molar-refractivity contribution >= 4 is 0 Å². The Balaban J connectivity index is 1.71. The molecule has 0 radical (unpaired) electrons. The fraction of sp³-hybridized carbons (Fsp3) is 0.467. The molecule has 1 aromatic rings. The summed E-state index contributed by atoms with van der Waals surface area (Å²) in [6.45, 7) is 3.01. The summed E-state index contributed by atoms with van der Waals surface area (Å²) < 4.78 is 5.71. The van der Waals surface area contributed by atoms with Gasteiger partial charge in [-0.05, 0) is 38.2 Å². The first-order valence-corrected chi connectivity index (χ1v) is 6.16. The fourth-order valence-corrected chi connectivity index (χ4v) is 2.19. The average molecular weight is 216 g/mol. The van der Waals surface area contributed by atoms with Crippen LogP contribution in [0, 0.1) is 0 Å². The molecule has 0 saturated heterocycles. The third-order valence-corrected chi connectivity index (χ3v) is 3.15. The largest absolute Gasteiger partial charge is 0.374 e. The third-order valence-electron chi connectivity index (χ3n) is 3.15. The molecular formula is C15H20O. The zero-order chi connectivity index (χ0) is 11.2. The monoisotopic (exact) mass is 216 g/mol. The first-order chi connectivity index (χ1) is 7.84. The van der Waals surface area contributed by atoms with E-state index in [1.54, 1.807) is 0 Å². The Hall–Kier alpha value is -1.08. The average Bonchev–Trinajstić information content (AvgIpc) is 2.30. The lowest BCUT2D eigenvalue weighted by Gasteiger charge is -2.21. The second-order valence-electron chi connectivity index (χ2n) is 4.59. The van der Waals surface area contributed by atoms with Crippen molar-refractivity contribution in [2.75, 3.05) is 6.61 Å². The number of rotatable bonds is 4. The van der Waals surface area contributed by atoms with Crippen LogP contribution in [0.4, 0.5) is 0 Å². The summed E-state index contributed by atoms with van der Waals surface area (Å²) in [5.74, 6) is 0. The molecule has 1 aromatic carbocycles. The van der Waals surface area contributed by atoms with Gasteiger partial charge in [-0.1, -0.05) is 42.0 Å². The van der Waals surface area contributed by atoms with Gasteiger partial charge in [0.05, 0.1) is 12.7 Å². The number of hydrogen-bond acceptors (Lipinski definition) is 1. The zero-order valence-corrected chi connectivity index (χ0v) is 9.99. The van der Waals surface area contributed by atoms with E-state index in [2.05, 4.69) is 43.3 Å². The van der Waals surface area contributed by atoms with Crippen molar-refractivity contribution in [3.63, 3.8) is 0 Å². The lowest BCUT2D eigenvalue weighted by Crippen LogP contribution is -2.18. The Kier molecular flexibility index (Phi) is 4.17. The minimum Gasteiger partial charge on any atom is -0.374 e. The predicted octanol–water partition coefficient (Wildman–Crippen LogP) is 3.74. The highest BCUT2D eigenvalue weighted by Crippen LogP contribution is 2.18. The van der Waals surface area contributed by atoms with Gasteiger partial charge in [0.25, 0.3) is 0 Å². The number of benzene rings is 1. The van der Waals surface area contributed by atoms with Gasteiger partial charge in [0.2, 0.25) is 0 Å². The van der Waals surface area contributed by atoms with E-state index in [4.69, 9.17) is 4.74 Å². The zero-order valence-electron chi connectivity index (χ0n) is 9.99. The molecule has 1 unspecified atom stereocenters. The Labute approximate surface area is 98.1 Å². The first kappa shape index (κ1) is 11.4. The topological polar surface area (TPSA) is 9.23 Å². The number of ether oxygens (including phenoxy) is 1. The van der Waals surface area contributed by atoms with Crippen LogP contribution in [0.15, 0.2) is 42.0 Å². The lowest BCUT2D eigenvalue weighted by atomic mass is 10.0. The van der Waals surface area contributed by atoms with Gasteiger partial charge in [-0.15, -0.1) is 0 Å². The van der Waals surface area contributed by atoms with Crippen molar-refractivity contribution in [1.82, 2.24) is 0 Å². The van der Waals surface area contributed by atoms with Gasteiger partial charge in [0.15, 0.2) is 0 Å². The molecule has 1 heteroatoms. The van der Waals surface area contributed by atoms with Crippen LogP contribution >= 0.6 is 0 Å². The minimum absolute atomic E-state index is 0.453. The maximum Gasteiger partial charge on any atom is 0.0653 e. The van der Waals surface area contributed by atoms with Crippen LogP contribution < -0.4 is 0 Å². The summed E-state index contributed by atoms with van der Waals surface area (Å²) in [7, 11) is 0. The molecule has 0 spiro atoms. The van der Waals surface area contributed by atoms with E-state index in [-0.39, 0.29) is 0 Å². The Morgan fingerprint density at radius 2 is 2.06 bits per heavy atom. The molecule has 86 valence electrons. The Morgan fingerprint density at radius 3 is 2.81 bits per heavy atom. The maximum atomic E-state index is 5.71. The van der Waals surface area contributed by atoms with E-state index >= 15 is 0 Å². The van der Waals surface area contributed by atoms with Crippen LogP contribution in [0.3, 0.4) is 0 Å². The minimum atomic E-state index is 0.453. The molecular weight excluding hydrogens is 196 g/mol. The van der Waals surface area contributed by atoms with Crippen LogP contribution in [-0.2, 0) is 11.2 Å². The van der Waals surface area contributed by atoms with Crippen molar-refractivity contribution in [3.8, 4) is 0 Å². The molecule has 1 atom stereocenters. The molecule has 0 aromatic heterocycles. The van der Waals surface area contributed by atoms with Gasteiger partial charge >= 0.3 is 0 Å². The molecule has 1 heterocycles. The van der Waals surface area contributed by atoms with E-state index in [0.29, 0.717) is 6.10 Å². The molecule has 0 N–H and O–H groups in total. The predicted molar refractivity (Wildman–Crippen MR) is 67.5 cm³/mol. The van der Waals surface area contributed by atoms with Crippen LogP contribution in [0.25, 0.3) is 0 Å². The van der Waals surface area contributed by atoms with Gasteiger partial charge < -0.3 is 4.74 Å². The van der Waals surface area contributed by atoms with E-state index in [9.17, 15) is 0 Å². The lowest BCUT2D eigenvalue weighted by molar-refractivity contribution is 0.0569. The highest BCUT2D eigenvalue weighted by molar-refractivity contribution is 5.14. The van der Waals surface area contributed by atoms with Gasteiger partial charge in [-0.25, -0.2) is 0 Å². The smallest absolute Gasteiger partial charge is 0.0653 e. The van der Waals surface area contributed by atoms with Gasteiger partial charge in [0.1, 0.15) is 0 Å². The molecule has 16 heavy (non-hydrogen) atoms. The molecule has 0 aliphatic carbocycles. The van der Waals surface area contributed by atoms with Gasteiger partial charge in [0, 0.05) is 0 Å². The normalized spacial score (nSPS) is 20.6. The quantitative estimate of drug-likeness (QED) is 0.697. The molecule has 1 nitrogen and oxygen atoms in total. The molecule has 0 bridgehead atoms. The van der Waals surface area contributed by atoms with Crippen LogP contribution in [-0.4, -0.2) is 12.7 Å². The molecule has 0 amide bonds. The van der Waals surface area contributed by atoms with Crippen molar-refractivity contribution in [2.45, 2.75) is 38.7 Å². The molecule has 0 fully saturated rings. The van der Waals surface area contributed by atoms with Crippen LogP contribution in [0.1, 0.15) is 31.7 Å². The Bertz CT molecular complexity index is 340. The fourth-order valence-electron chi connectivity index (χ4n) is 2.19. The second-order valence-corrected chi connectivity index (χ2v) is 4.59. The van der Waals surface area contributed by atoms with E-state index < -0.39 is 0 Å². The molecule has 2 rings (SSSR count). The van der Waals surface area contributed by atoms with Crippen molar-refractivity contribution < 1.29 is 4.74 Å².